The molecule has 16 unspecified atom stereocenters. The fourth-order valence-corrected chi connectivity index (χ4v) is 18.0. The van der Waals surface area contributed by atoms with E-state index in [4.69, 9.17) is 0 Å². The predicted molar refractivity (Wildman–Crippen MR) is 288 cm³/mol. The Morgan fingerprint density at radius 1 is 0.276 bits per heavy atom. The Morgan fingerprint density at radius 3 is 0.645 bits per heavy atom. The van der Waals surface area contributed by atoms with E-state index in [9.17, 15) is 38.4 Å². The number of allylic oxidation sites excluding steroid dienone is 8. The van der Waals surface area contributed by atoms with Crippen LogP contribution in [-0.2, 0) is 38.4 Å². The molecule has 0 aromatic heterocycles. The van der Waals surface area contributed by atoms with Gasteiger partial charge in [-0.15, -0.1) is 0 Å². The monoisotopic (exact) mass is 1040 g/mol. The summed E-state index contributed by atoms with van der Waals surface area (Å²) in [5.74, 6) is 2.05. The molecule has 8 aliphatic carbocycles. The van der Waals surface area contributed by atoms with E-state index in [1.165, 1.54) is 51.4 Å². The lowest BCUT2D eigenvalue weighted by Crippen LogP contribution is -2.36. The number of fused-ring (bicyclic) bond motifs is 20. The highest BCUT2D eigenvalue weighted by molar-refractivity contribution is 6.08. The largest absolute Gasteiger partial charge is 0.282 e. The smallest absolute Gasteiger partial charge is 0.233 e. The Balaban J connectivity index is 0.000000163. The van der Waals surface area contributed by atoms with Crippen molar-refractivity contribution < 1.29 is 38.4 Å². The van der Waals surface area contributed by atoms with Crippen LogP contribution in [0, 0.1) is 106 Å². The lowest BCUT2D eigenvalue weighted by atomic mass is 9.78. The van der Waals surface area contributed by atoms with Crippen molar-refractivity contribution in [2.75, 3.05) is 26.2 Å². The van der Waals surface area contributed by atoms with Crippen LogP contribution in [0.2, 0.25) is 0 Å². The molecule has 4 saturated heterocycles. The Bertz CT molecular complexity index is 2160. The number of carbonyl (C=O) groups is 8. The van der Waals surface area contributed by atoms with Gasteiger partial charge in [0.15, 0.2) is 0 Å². The highest BCUT2D eigenvalue weighted by Crippen LogP contribution is 2.64. The van der Waals surface area contributed by atoms with Crippen molar-refractivity contribution in [3.05, 3.63) is 48.6 Å². The molecule has 4 aliphatic heterocycles. The van der Waals surface area contributed by atoms with Gasteiger partial charge in [0.1, 0.15) is 0 Å². The first-order chi connectivity index (χ1) is 36.6. The third-order valence-electron chi connectivity index (χ3n) is 22.2. The molecule has 76 heavy (non-hydrogen) atoms. The number of rotatable bonds is 26. The van der Waals surface area contributed by atoms with E-state index in [0.717, 1.165) is 89.9 Å². The van der Waals surface area contributed by atoms with Crippen LogP contribution in [0.4, 0.5) is 0 Å². The lowest BCUT2D eigenvalue weighted by Gasteiger charge is -2.28. The van der Waals surface area contributed by atoms with Crippen LogP contribution < -0.4 is 0 Å². The molecule has 0 aromatic rings. The Hall–Kier alpha value is -4.48. The van der Waals surface area contributed by atoms with Crippen molar-refractivity contribution in [2.24, 2.45) is 106 Å². The van der Waals surface area contributed by atoms with Gasteiger partial charge in [0.2, 0.25) is 47.3 Å². The summed E-state index contributed by atoms with van der Waals surface area (Å²) in [5, 5.41) is 0. The second-order valence-corrected chi connectivity index (χ2v) is 27.0. The average Bonchev–Trinajstić information content (AvgIpc) is 4.44. The van der Waals surface area contributed by atoms with E-state index in [2.05, 4.69) is 76.3 Å². The fraction of sp³-hybridized carbons (Fsp3) is 0.750. The van der Waals surface area contributed by atoms with Gasteiger partial charge in [-0.3, -0.25) is 58.0 Å². The van der Waals surface area contributed by atoms with Crippen molar-refractivity contribution in [3.8, 4) is 0 Å². The van der Waals surface area contributed by atoms with Gasteiger partial charge in [-0.1, -0.05) is 179 Å². The number of hydrogen-bond donors (Lipinski definition) is 0. The first-order valence-corrected chi connectivity index (χ1v) is 30.8. The molecule has 0 aromatic carbocycles. The van der Waals surface area contributed by atoms with E-state index in [0.29, 0.717) is 49.9 Å². The normalized spacial score (nSPS) is 37.4. The van der Waals surface area contributed by atoms with E-state index in [-0.39, 0.29) is 129 Å². The van der Waals surface area contributed by atoms with Crippen LogP contribution in [0.15, 0.2) is 48.6 Å². The van der Waals surface area contributed by atoms with Crippen molar-refractivity contribution in [1.82, 2.24) is 19.6 Å². The zero-order valence-corrected chi connectivity index (χ0v) is 46.3. The zero-order valence-electron chi connectivity index (χ0n) is 46.3. The summed E-state index contributed by atoms with van der Waals surface area (Å²) < 4.78 is 0. The molecule has 0 N–H and O–H groups in total. The van der Waals surface area contributed by atoms with Crippen LogP contribution in [0.5, 0.6) is 0 Å². The number of carbonyl (C=O) groups excluding carboxylic acids is 8. The van der Waals surface area contributed by atoms with Crippen LogP contribution in [0.1, 0.15) is 169 Å². The summed E-state index contributed by atoms with van der Waals surface area (Å²) in [7, 11) is 0. The molecule has 12 heteroatoms. The van der Waals surface area contributed by atoms with E-state index in [1.54, 1.807) is 19.6 Å². The van der Waals surface area contributed by atoms with E-state index < -0.39 is 0 Å². The van der Waals surface area contributed by atoms with Gasteiger partial charge in [0, 0.05) is 26.2 Å². The second-order valence-electron chi connectivity index (χ2n) is 27.0. The molecule has 8 bridgehead atoms. The van der Waals surface area contributed by atoms with Crippen molar-refractivity contribution in [1.29, 1.82) is 0 Å². The van der Waals surface area contributed by atoms with Crippen LogP contribution >= 0.6 is 0 Å². The molecule has 0 radical (unpaired) electrons. The topological polar surface area (TPSA) is 150 Å². The summed E-state index contributed by atoms with van der Waals surface area (Å²) in [6.07, 6.45) is 41.6. The van der Waals surface area contributed by atoms with Crippen LogP contribution in [0.25, 0.3) is 0 Å². The number of hydrogen-bond acceptors (Lipinski definition) is 8. The summed E-state index contributed by atoms with van der Waals surface area (Å²) >= 11 is 0. The van der Waals surface area contributed by atoms with Gasteiger partial charge < -0.3 is 0 Å². The molecule has 12 rings (SSSR count). The lowest BCUT2D eigenvalue weighted by molar-refractivity contribution is -0.143. The minimum Gasteiger partial charge on any atom is -0.282 e. The average molecular weight is 1040 g/mol. The summed E-state index contributed by atoms with van der Waals surface area (Å²) in [6, 6.07) is 0. The predicted octanol–water partition coefficient (Wildman–Crippen LogP) is 10.3. The van der Waals surface area contributed by atoms with E-state index in [1.807, 2.05) is 0 Å². The molecule has 12 aliphatic rings. The Kier molecular flexibility index (Phi) is 15.2. The minimum absolute atomic E-state index is 0.0349. The van der Waals surface area contributed by atoms with E-state index >= 15 is 0 Å². The fourth-order valence-electron chi connectivity index (χ4n) is 18.0. The minimum atomic E-state index is -0.117. The summed E-state index contributed by atoms with van der Waals surface area (Å²) in [6.45, 7) is 11.2. The van der Waals surface area contributed by atoms with Gasteiger partial charge in [0.25, 0.3) is 0 Å². The molecule has 4 saturated carbocycles. The van der Waals surface area contributed by atoms with Gasteiger partial charge >= 0.3 is 0 Å². The molecule has 16 atom stereocenters. The maximum atomic E-state index is 13.0. The molecule has 0 spiro atoms. The second kappa shape index (κ2) is 21.6. The Morgan fingerprint density at radius 2 is 0.447 bits per heavy atom. The van der Waals surface area contributed by atoms with Gasteiger partial charge in [-0.25, -0.2) is 0 Å². The molecule has 412 valence electrons. The zero-order chi connectivity index (χ0) is 53.2. The number of amides is 8. The molecule has 8 fully saturated rings. The molecule has 12 nitrogen and oxygen atoms in total. The highest BCUT2D eigenvalue weighted by atomic mass is 16.2. The van der Waals surface area contributed by atoms with Gasteiger partial charge in [0.05, 0.1) is 47.3 Å². The summed E-state index contributed by atoms with van der Waals surface area (Å²) in [5.41, 5.74) is 0.0698. The third kappa shape index (κ3) is 9.09. The molecule has 4 heterocycles. The van der Waals surface area contributed by atoms with Crippen molar-refractivity contribution in [2.45, 2.75) is 169 Å². The third-order valence-corrected chi connectivity index (χ3v) is 22.2. The molecule has 8 amide bonds. The van der Waals surface area contributed by atoms with Crippen LogP contribution in [-0.4, -0.2) is 93.0 Å². The number of likely N-dealkylation sites (tertiary alicyclic amines) is 4. The van der Waals surface area contributed by atoms with Gasteiger partial charge in [-0.05, 0) is 96.7 Å². The van der Waals surface area contributed by atoms with Crippen LogP contribution in [0.3, 0.4) is 0 Å². The standard InChI is InChI=1S/C34H48N2O4.C30H40N2O4/c1-33(2)21-15-16-22(33)26-25(21)29(37)35(30(26)38)19-13-11-9-7-5-6-8-10-12-14-20-36-31(39)27-23-17-18-24(34(23,3)4)28(27)32(36)40;33-27-23-19-11-12-20(17-19)24(23)28(34)31(27)15-9-7-5-3-1-2-4-6-8-10-16-32-29(35)25-21-13-14-22(18-21)26(25)30(32)36/h15-18,21-28H,5-14,19-20H2,1-4H3;11-14,19-26H,1-10,15-18H2. The SMILES string of the molecule is CC1(C)C2C=CC1C1C(=O)N(CCCCCCCCCCCCN3C(=O)C4C(C3=O)C3C=CC4C3(C)C)C(=O)C12.O=C1C2C3C=CC(C3)C2C(=O)N1CCCCCCCCCCCCN1C(=O)C2C3C=CC(C3)C2C1=O. The molecular formula is C64H88N4O8. The highest BCUT2D eigenvalue weighted by Gasteiger charge is 2.68. The maximum Gasteiger partial charge on any atom is 0.233 e. The maximum absolute atomic E-state index is 13.0. The summed E-state index contributed by atoms with van der Waals surface area (Å²) in [4.78, 5) is 109. The molecular weight excluding hydrogens is 953 g/mol. The van der Waals surface area contributed by atoms with Crippen molar-refractivity contribution >= 4 is 47.3 Å². The Labute approximate surface area is 452 Å². The quantitative estimate of drug-likeness (QED) is 0.0472. The number of unbranched alkanes of at least 4 members (excludes halogenated alkanes) is 18. The first kappa shape index (κ1) is 53.5. The first-order valence-electron chi connectivity index (χ1n) is 30.8. The van der Waals surface area contributed by atoms with Crippen molar-refractivity contribution in [3.63, 3.8) is 0 Å². The number of imide groups is 4. The van der Waals surface area contributed by atoms with Gasteiger partial charge in [-0.2, -0.15) is 0 Å². The number of nitrogens with zero attached hydrogens (tertiary/aromatic N) is 4.